The van der Waals surface area contributed by atoms with Gasteiger partial charge in [0.25, 0.3) is 0 Å². The Morgan fingerprint density at radius 2 is 1.95 bits per heavy atom. The van der Waals surface area contributed by atoms with Crippen molar-refractivity contribution in [3.63, 3.8) is 0 Å². The zero-order chi connectivity index (χ0) is 12.8. The van der Waals surface area contributed by atoms with Gasteiger partial charge in [-0.05, 0) is 0 Å². The van der Waals surface area contributed by atoms with Gasteiger partial charge in [-0.15, -0.1) is 0 Å². The van der Waals surface area contributed by atoms with Gasteiger partial charge in [0.15, 0.2) is 0 Å². The number of fused-ring (bicyclic) bond motifs is 2. The first-order valence-corrected chi connectivity index (χ1v) is 7.64. The molecule has 0 aliphatic rings. The summed E-state index contributed by atoms with van der Waals surface area (Å²) in [6, 6.07) is 16.0. The van der Waals surface area contributed by atoms with Gasteiger partial charge in [0, 0.05) is 0 Å². The van der Waals surface area contributed by atoms with Gasteiger partial charge in [-0.2, -0.15) is 0 Å². The monoisotopic (exact) mass is 314 g/mol. The molecule has 2 aromatic heterocycles. The Morgan fingerprint density at radius 1 is 1.05 bits per heavy atom. The summed E-state index contributed by atoms with van der Waals surface area (Å²) in [6.07, 6.45) is 1.92. The predicted octanol–water partition coefficient (Wildman–Crippen LogP) is 2.53. The van der Waals surface area contributed by atoms with Gasteiger partial charge in [0.05, 0.1) is 0 Å². The molecule has 0 radical (unpaired) electrons. The number of nitrogens with one attached hydrogen (secondary N) is 1. The van der Waals surface area contributed by atoms with Crippen LogP contribution < -0.4 is 5.56 Å². The summed E-state index contributed by atoms with van der Waals surface area (Å²) in [7, 11) is 0. The molecule has 0 aliphatic heterocycles. The standard InChI is InChI=1S/C15H10N2OSe/c18-15-12-3-1-2-4-14(12)19-17(15)11-5-6-13-10(9-11)7-8-16-13/h1-9,16H. The van der Waals surface area contributed by atoms with E-state index in [4.69, 9.17) is 0 Å². The topological polar surface area (TPSA) is 37.8 Å². The Balaban J connectivity index is 2.03. The average molecular weight is 313 g/mol. The fourth-order valence-electron chi connectivity index (χ4n) is 2.31. The van der Waals surface area contributed by atoms with Crippen molar-refractivity contribution in [1.82, 2.24) is 8.55 Å². The maximum absolute atomic E-state index is 12.4. The number of rotatable bonds is 1. The van der Waals surface area contributed by atoms with Crippen LogP contribution in [-0.4, -0.2) is 23.3 Å². The molecular weight excluding hydrogens is 303 g/mol. The molecule has 0 atom stereocenters. The van der Waals surface area contributed by atoms with Crippen LogP contribution in [0.15, 0.2) is 59.5 Å². The minimum atomic E-state index is 0.0393. The first-order valence-electron chi connectivity index (χ1n) is 6.01. The molecule has 0 unspecified atom stereocenters. The van der Waals surface area contributed by atoms with Crippen LogP contribution in [0.5, 0.6) is 0 Å². The van der Waals surface area contributed by atoms with Crippen LogP contribution in [0, 0.1) is 0 Å². The molecule has 2 aromatic carbocycles. The molecule has 1 N–H and O–H groups in total. The Kier molecular flexibility index (Phi) is 2.28. The van der Waals surface area contributed by atoms with Crippen molar-refractivity contribution in [1.29, 1.82) is 0 Å². The number of H-pyrrole nitrogens is 1. The summed E-state index contributed by atoms with van der Waals surface area (Å²) in [5, 5.41) is 1.98. The van der Waals surface area contributed by atoms with Crippen LogP contribution in [0.1, 0.15) is 0 Å². The van der Waals surface area contributed by atoms with Gasteiger partial charge in [0.1, 0.15) is 0 Å². The van der Waals surface area contributed by atoms with E-state index >= 15 is 0 Å². The molecule has 4 heteroatoms. The van der Waals surface area contributed by atoms with Gasteiger partial charge in [0.2, 0.25) is 0 Å². The fourth-order valence-corrected chi connectivity index (χ4v) is 4.39. The summed E-state index contributed by atoms with van der Waals surface area (Å²) >= 11 is 0.0393. The zero-order valence-corrected chi connectivity index (χ0v) is 11.7. The van der Waals surface area contributed by atoms with Gasteiger partial charge in [-0.1, -0.05) is 0 Å². The molecule has 19 heavy (non-hydrogen) atoms. The molecule has 4 aromatic rings. The Labute approximate surface area is 115 Å². The molecule has 0 aliphatic carbocycles. The Bertz CT molecular complexity index is 945. The van der Waals surface area contributed by atoms with Gasteiger partial charge in [-0.3, -0.25) is 0 Å². The number of nitrogens with zero attached hydrogens (tertiary/aromatic N) is 1. The summed E-state index contributed by atoms with van der Waals surface area (Å²) < 4.78 is 3.05. The van der Waals surface area contributed by atoms with Crippen LogP contribution in [0.2, 0.25) is 0 Å². The van der Waals surface area contributed by atoms with E-state index in [0.29, 0.717) is 0 Å². The molecule has 2 heterocycles. The number of aromatic amines is 1. The molecule has 0 fully saturated rings. The van der Waals surface area contributed by atoms with Crippen molar-refractivity contribution in [2.24, 2.45) is 0 Å². The summed E-state index contributed by atoms with van der Waals surface area (Å²) in [5.74, 6) is 0. The van der Waals surface area contributed by atoms with Crippen molar-refractivity contribution >= 4 is 35.3 Å². The maximum atomic E-state index is 12.4. The van der Waals surface area contributed by atoms with Crippen LogP contribution in [0.4, 0.5) is 0 Å². The third kappa shape index (κ3) is 1.61. The van der Waals surface area contributed by atoms with Gasteiger partial charge >= 0.3 is 115 Å². The summed E-state index contributed by atoms with van der Waals surface area (Å²) in [5.41, 5.74) is 2.19. The van der Waals surface area contributed by atoms with E-state index in [1.165, 1.54) is 0 Å². The van der Waals surface area contributed by atoms with Crippen molar-refractivity contribution in [3.8, 4) is 5.69 Å². The van der Waals surface area contributed by atoms with Crippen LogP contribution in [-0.2, 0) is 0 Å². The van der Waals surface area contributed by atoms with Crippen molar-refractivity contribution in [2.75, 3.05) is 0 Å². The normalized spacial score (nSPS) is 11.4. The molecule has 0 spiro atoms. The first-order chi connectivity index (χ1) is 9.33. The molecule has 3 nitrogen and oxygen atoms in total. The SMILES string of the molecule is O=c1c2ccccc2[se]n1-c1ccc2[nH]ccc2c1. The molecule has 0 amide bonds. The molecular formula is C15H10N2OSe. The molecule has 92 valence electrons. The number of hydrogen-bond donors (Lipinski definition) is 1. The van der Waals surface area contributed by atoms with E-state index in [9.17, 15) is 4.79 Å². The minimum absolute atomic E-state index is 0.0393. The third-order valence-corrected chi connectivity index (χ3v) is 5.60. The second-order valence-electron chi connectivity index (χ2n) is 4.44. The Morgan fingerprint density at radius 3 is 2.84 bits per heavy atom. The van der Waals surface area contributed by atoms with Crippen LogP contribution >= 0.6 is 0 Å². The van der Waals surface area contributed by atoms with Crippen LogP contribution in [0.25, 0.3) is 26.2 Å². The van der Waals surface area contributed by atoms with E-state index in [1.807, 2.05) is 52.2 Å². The first kappa shape index (κ1) is 10.9. The average Bonchev–Trinajstić information content (AvgIpc) is 3.03. The van der Waals surface area contributed by atoms with E-state index < -0.39 is 0 Å². The summed E-state index contributed by atoms with van der Waals surface area (Å²) in [4.78, 5) is 15.6. The fraction of sp³-hybridized carbons (Fsp3) is 0. The van der Waals surface area contributed by atoms with Gasteiger partial charge in [-0.25, -0.2) is 0 Å². The third-order valence-electron chi connectivity index (χ3n) is 3.26. The number of aromatic nitrogens is 2. The number of benzene rings is 2. The molecule has 0 saturated heterocycles. The Hall–Kier alpha value is -2.03. The molecule has 4 rings (SSSR count). The summed E-state index contributed by atoms with van der Waals surface area (Å²) in [6.45, 7) is 0. The van der Waals surface area contributed by atoms with E-state index in [0.717, 1.165) is 26.2 Å². The van der Waals surface area contributed by atoms with Crippen LogP contribution in [0.3, 0.4) is 0 Å². The van der Waals surface area contributed by atoms with E-state index in [2.05, 4.69) is 11.1 Å². The molecule has 0 bridgehead atoms. The predicted molar refractivity (Wildman–Crippen MR) is 78.3 cm³/mol. The van der Waals surface area contributed by atoms with Crippen molar-refractivity contribution in [3.05, 3.63) is 65.1 Å². The molecule has 0 saturated carbocycles. The van der Waals surface area contributed by atoms with E-state index in [1.54, 1.807) is 0 Å². The van der Waals surface area contributed by atoms with E-state index in [-0.39, 0.29) is 20.3 Å². The second-order valence-corrected chi connectivity index (χ2v) is 6.51. The zero-order valence-electron chi connectivity index (χ0n) is 9.96. The van der Waals surface area contributed by atoms with Crippen molar-refractivity contribution < 1.29 is 0 Å². The number of hydrogen-bond acceptors (Lipinski definition) is 1. The van der Waals surface area contributed by atoms with Crippen molar-refractivity contribution in [2.45, 2.75) is 0 Å². The van der Waals surface area contributed by atoms with Gasteiger partial charge < -0.3 is 0 Å². The second kappa shape index (κ2) is 3.98. The quantitative estimate of drug-likeness (QED) is 0.539.